The number of carbonyl (C=O) groups is 2. The molecule has 2 aromatic rings. The smallest absolute Gasteiger partial charge is 0.327 e. The second-order valence-corrected chi connectivity index (χ2v) is 6.95. The summed E-state index contributed by atoms with van der Waals surface area (Å²) in [5.41, 5.74) is 0.802. The van der Waals surface area contributed by atoms with Crippen LogP contribution in [0.1, 0.15) is 21.3 Å². The number of carbonyl (C=O) groups excluding carboxylic acids is 1. The van der Waals surface area contributed by atoms with Crippen LogP contribution in [0.4, 0.5) is 4.39 Å². The normalized spacial score (nSPS) is 19.0. The first-order valence-electron chi connectivity index (χ1n) is 8.11. The molecule has 1 fully saturated rings. The lowest BCUT2D eigenvalue weighted by molar-refractivity contribution is -0.141. The molecule has 2 aromatic carbocycles. The minimum Gasteiger partial charge on any atom is -0.496 e. The van der Waals surface area contributed by atoms with Gasteiger partial charge in [-0.05, 0) is 29.8 Å². The molecule has 0 bridgehead atoms. The van der Waals surface area contributed by atoms with Crippen LogP contribution in [0.3, 0.4) is 0 Å². The highest BCUT2D eigenvalue weighted by Crippen LogP contribution is 2.44. The van der Waals surface area contributed by atoms with E-state index in [0.29, 0.717) is 17.1 Å². The fourth-order valence-electron chi connectivity index (χ4n) is 3.02. The van der Waals surface area contributed by atoms with Gasteiger partial charge in [-0.1, -0.05) is 18.2 Å². The summed E-state index contributed by atoms with van der Waals surface area (Å²) in [5, 5.41) is 9.05. The SMILES string of the molecule is COc1cccc(OC)c1C(=O)N1C(C(=O)O)CSC1c1ccc(F)cc1. The van der Waals surface area contributed by atoms with Gasteiger partial charge in [0.25, 0.3) is 5.91 Å². The van der Waals surface area contributed by atoms with E-state index in [0.717, 1.165) is 0 Å². The third kappa shape index (κ3) is 3.57. The maximum atomic E-state index is 13.4. The summed E-state index contributed by atoms with van der Waals surface area (Å²) in [6, 6.07) is 9.57. The second kappa shape index (κ2) is 7.87. The first-order chi connectivity index (χ1) is 13.0. The summed E-state index contributed by atoms with van der Waals surface area (Å²) in [6.45, 7) is 0. The van der Waals surface area contributed by atoms with E-state index in [2.05, 4.69) is 0 Å². The van der Waals surface area contributed by atoms with Crippen LogP contribution in [0.15, 0.2) is 42.5 Å². The molecule has 0 aliphatic carbocycles. The number of hydrogen-bond donors (Lipinski definition) is 1. The van der Waals surface area contributed by atoms with Crippen molar-refractivity contribution in [2.24, 2.45) is 0 Å². The van der Waals surface area contributed by atoms with Crippen molar-refractivity contribution >= 4 is 23.6 Å². The summed E-state index contributed by atoms with van der Waals surface area (Å²) >= 11 is 1.32. The summed E-state index contributed by atoms with van der Waals surface area (Å²) in [6.07, 6.45) is 0. The first kappa shape index (κ1) is 19.0. The Morgan fingerprint density at radius 3 is 2.22 bits per heavy atom. The fraction of sp³-hybridized carbons (Fsp3) is 0.263. The molecule has 6 nitrogen and oxygen atoms in total. The molecule has 1 aliphatic rings. The minimum atomic E-state index is -1.10. The highest BCUT2D eigenvalue weighted by atomic mass is 32.2. The van der Waals surface area contributed by atoms with E-state index in [4.69, 9.17) is 9.47 Å². The zero-order chi connectivity index (χ0) is 19.6. The van der Waals surface area contributed by atoms with Crippen LogP contribution in [0.5, 0.6) is 11.5 Å². The van der Waals surface area contributed by atoms with Crippen LogP contribution < -0.4 is 9.47 Å². The number of nitrogens with zero attached hydrogens (tertiary/aromatic N) is 1. The van der Waals surface area contributed by atoms with Crippen molar-refractivity contribution in [3.8, 4) is 11.5 Å². The van der Waals surface area contributed by atoms with Crippen LogP contribution in [-0.2, 0) is 4.79 Å². The Balaban J connectivity index is 2.08. The van der Waals surface area contributed by atoms with Crippen molar-refractivity contribution < 1.29 is 28.6 Å². The molecule has 0 aromatic heterocycles. The number of benzene rings is 2. The number of thioether (sulfide) groups is 1. The average molecular weight is 391 g/mol. The van der Waals surface area contributed by atoms with E-state index in [9.17, 15) is 19.1 Å². The van der Waals surface area contributed by atoms with Gasteiger partial charge >= 0.3 is 5.97 Å². The molecule has 0 saturated carbocycles. The number of hydrogen-bond acceptors (Lipinski definition) is 5. The first-order valence-corrected chi connectivity index (χ1v) is 9.16. The molecule has 0 spiro atoms. The average Bonchev–Trinajstić information content (AvgIpc) is 3.12. The van der Waals surface area contributed by atoms with Gasteiger partial charge in [0, 0.05) is 5.75 Å². The summed E-state index contributed by atoms with van der Waals surface area (Å²) in [4.78, 5) is 26.4. The molecule has 3 rings (SSSR count). The van der Waals surface area contributed by atoms with E-state index < -0.39 is 29.1 Å². The number of rotatable bonds is 5. The third-order valence-electron chi connectivity index (χ3n) is 4.32. The Labute approximate surface area is 159 Å². The number of ether oxygens (including phenoxy) is 2. The topological polar surface area (TPSA) is 76.1 Å². The Morgan fingerprint density at radius 2 is 1.70 bits per heavy atom. The van der Waals surface area contributed by atoms with Gasteiger partial charge in [-0.25, -0.2) is 9.18 Å². The maximum Gasteiger partial charge on any atom is 0.327 e. The van der Waals surface area contributed by atoms with E-state index in [1.54, 1.807) is 30.3 Å². The van der Waals surface area contributed by atoms with Gasteiger partial charge < -0.3 is 19.5 Å². The molecule has 1 N–H and O–H groups in total. The van der Waals surface area contributed by atoms with E-state index in [-0.39, 0.29) is 11.3 Å². The van der Waals surface area contributed by atoms with Crippen molar-refractivity contribution in [1.29, 1.82) is 0 Å². The van der Waals surface area contributed by atoms with Crippen LogP contribution in [0.25, 0.3) is 0 Å². The lowest BCUT2D eigenvalue weighted by Gasteiger charge is -2.28. The minimum absolute atomic E-state index is 0.156. The van der Waals surface area contributed by atoms with Gasteiger partial charge in [-0.2, -0.15) is 0 Å². The second-order valence-electron chi connectivity index (χ2n) is 5.84. The molecule has 27 heavy (non-hydrogen) atoms. The van der Waals surface area contributed by atoms with Crippen LogP contribution in [-0.4, -0.2) is 47.9 Å². The molecule has 1 amide bonds. The molecule has 8 heteroatoms. The Morgan fingerprint density at radius 1 is 1.11 bits per heavy atom. The quantitative estimate of drug-likeness (QED) is 0.844. The highest BCUT2D eigenvalue weighted by Gasteiger charge is 2.44. The van der Waals surface area contributed by atoms with Crippen molar-refractivity contribution in [2.45, 2.75) is 11.4 Å². The Kier molecular flexibility index (Phi) is 5.55. The fourth-order valence-corrected chi connectivity index (χ4v) is 4.44. The monoisotopic (exact) mass is 391 g/mol. The van der Waals surface area contributed by atoms with Crippen LogP contribution in [0, 0.1) is 5.82 Å². The number of methoxy groups -OCH3 is 2. The summed E-state index contributed by atoms with van der Waals surface area (Å²) < 4.78 is 23.9. The van der Waals surface area contributed by atoms with Crippen LogP contribution in [0.2, 0.25) is 0 Å². The van der Waals surface area contributed by atoms with E-state index in [1.165, 1.54) is 43.0 Å². The van der Waals surface area contributed by atoms with E-state index in [1.807, 2.05) is 0 Å². The molecular weight excluding hydrogens is 373 g/mol. The van der Waals surface area contributed by atoms with Crippen molar-refractivity contribution in [3.05, 3.63) is 59.4 Å². The van der Waals surface area contributed by atoms with Gasteiger partial charge in [0.05, 0.1) is 14.2 Å². The lowest BCUT2D eigenvalue weighted by atomic mass is 10.1. The maximum absolute atomic E-state index is 13.4. The molecule has 1 heterocycles. The Bertz CT molecular complexity index is 835. The zero-order valence-corrected chi connectivity index (χ0v) is 15.5. The van der Waals surface area contributed by atoms with Crippen molar-refractivity contribution in [1.82, 2.24) is 4.90 Å². The molecule has 0 radical (unpaired) electrons. The zero-order valence-electron chi connectivity index (χ0n) is 14.7. The summed E-state index contributed by atoms with van der Waals surface area (Å²) in [7, 11) is 2.85. The summed E-state index contributed by atoms with van der Waals surface area (Å²) in [5.74, 6) is -1.22. The predicted molar refractivity (Wildman–Crippen MR) is 98.7 cm³/mol. The molecule has 2 unspecified atom stereocenters. The molecule has 1 saturated heterocycles. The number of carboxylic acid groups (broad SMARTS) is 1. The molecule has 1 aliphatic heterocycles. The largest absolute Gasteiger partial charge is 0.496 e. The van der Waals surface area contributed by atoms with Crippen molar-refractivity contribution in [3.63, 3.8) is 0 Å². The van der Waals surface area contributed by atoms with Crippen molar-refractivity contribution in [2.75, 3.05) is 20.0 Å². The van der Waals surface area contributed by atoms with Gasteiger partial charge in [0.15, 0.2) is 0 Å². The van der Waals surface area contributed by atoms with Crippen LogP contribution >= 0.6 is 11.8 Å². The Hall–Kier alpha value is -2.74. The number of carboxylic acids is 1. The number of aliphatic carboxylic acids is 1. The molecular formula is C19H18FNO5S. The lowest BCUT2D eigenvalue weighted by Crippen LogP contribution is -2.43. The third-order valence-corrected chi connectivity index (χ3v) is 5.64. The molecule has 142 valence electrons. The standard InChI is InChI=1S/C19H18FNO5S/c1-25-14-4-3-5-15(26-2)16(14)17(22)21-13(19(23)24)10-27-18(21)11-6-8-12(20)9-7-11/h3-9,13,18H,10H2,1-2H3,(H,23,24). The van der Waals surface area contributed by atoms with Gasteiger partial charge in [0.2, 0.25) is 0 Å². The van der Waals surface area contributed by atoms with E-state index >= 15 is 0 Å². The predicted octanol–water partition coefficient (Wildman–Crippen LogP) is 3.18. The van der Waals surface area contributed by atoms with Gasteiger partial charge in [0.1, 0.15) is 34.3 Å². The van der Waals surface area contributed by atoms with Gasteiger partial charge in [-0.3, -0.25) is 4.79 Å². The number of halogens is 1. The highest BCUT2D eigenvalue weighted by molar-refractivity contribution is 7.99. The molecule has 2 atom stereocenters. The van der Waals surface area contributed by atoms with Gasteiger partial charge in [-0.15, -0.1) is 11.8 Å². The number of amides is 1.